The van der Waals surface area contributed by atoms with E-state index in [-0.39, 0.29) is 17.3 Å². The third kappa shape index (κ3) is 3.49. The van der Waals surface area contributed by atoms with Crippen molar-refractivity contribution in [3.05, 3.63) is 60.4 Å². The predicted octanol–water partition coefficient (Wildman–Crippen LogP) is 3.01. The molecule has 0 aliphatic heterocycles. The van der Waals surface area contributed by atoms with Crippen molar-refractivity contribution in [1.29, 1.82) is 0 Å². The van der Waals surface area contributed by atoms with Gasteiger partial charge in [-0.1, -0.05) is 42.1 Å². The van der Waals surface area contributed by atoms with Crippen molar-refractivity contribution in [2.45, 2.75) is 5.16 Å². The van der Waals surface area contributed by atoms with Gasteiger partial charge in [0.2, 0.25) is 11.1 Å². The van der Waals surface area contributed by atoms with E-state index in [1.807, 2.05) is 30.3 Å². The molecule has 27 heavy (non-hydrogen) atoms. The molecule has 136 valence electrons. The highest BCUT2D eigenvalue weighted by Crippen LogP contribution is 2.25. The van der Waals surface area contributed by atoms with Crippen molar-refractivity contribution in [2.75, 3.05) is 16.9 Å². The number of benzene rings is 2. The highest BCUT2D eigenvalue weighted by atomic mass is 32.2. The largest absolute Gasteiger partial charge is 0.352 e. The van der Waals surface area contributed by atoms with Gasteiger partial charge in [0.25, 0.3) is 0 Å². The smallest absolute Gasteiger partial charge is 0.234 e. The van der Waals surface area contributed by atoms with E-state index < -0.39 is 5.82 Å². The number of thioether (sulfide) groups is 1. The summed E-state index contributed by atoms with van der Waals surface area (Å²) in [6.45, 7) is 0. The van der Waals surface area contributed by atoms with Crippen LogP contribution >= 0.6 is 11.8 Å². The molecule has 2 aromatic heterocycles. The third-order valence-electron chi connectivity index (χ3n) is 3.92. The van der Waals surface area contributed by atoms with Crippen molar-refractivity contribution >= 4 is 34.3 Å². The van der Waals surface area contributed by atoms with E-state index in [1.165, 1.54) is 16.8 Å². The average Bonchev–Trinajstić information content (AvgIpc) is 3.25. The zero-order chi connectivity index (χ0) is 18.8. The van der Waals surface area contributed by atoms with Crippen LogP contribution in [0.3, 0.4) is 0 Å². The minimum atomic E-state index is -0.487. The summed E-state index contributed by atoms with van der Waals surface area (Å²) in [6, 6.07) is 15.7. The fourth-order valence-corrected chi connectivity index (χ4v) is 3.29. The summed E-state index contributed by atoms with van der Waals surface area (Å²) >= 11 is 1.12. The first-order valence-electron chi connectivity index (χ1n) is 8.07. The Bertz CT molecular complexity index is 1090. The summed E-state index contributed by atoms with van der Waals surface area (Å²) < 4.78 is 14.9. The quantitative estimate of drug-likeness (QED) is 0.364. The van der Waals surface area contributed by atoms with Crippen LogP contribution < -0.4 is 11.2 Å². The molecular formula is C18H15FN6OS. The Hall–Kier alpha value is -3.33. The SMILES string of the molecule is Nn1c(SCC(=O)Nc2ccccc2F)nnc1-c1cc2ccccc2[nH]1. The number of para-hydroxylation sites is 2. The van der Waals surface area contributed by atoms with Gasteiger partial charge in [0.15, 0.2) is 5.82 Å². The molecule has 7 nitrogen and oxygen atoms in total. The van der Waals surface area contributed by atoms with Gasteiger partial charge in [-0.25, -0.2) is 9.07 Å². The zero-order valence-corrected chi connectivity index (χ0v) is 14.8. The molecule has 0 bridgehead atoms. The first kappa shape index (κ1) is 17.1. The Kier molecular flexibility index (Phi) is 4.51. The lowest BCUT2D eigenvalue weighted by molar-refractivity contribution is -0.113. The number of nitrogens with two attached hydrogens (primary N) is 1. The standard InChI is InChI=1S/C18H15FN6OS/c19-12-6-2-4-8-14(12)22-16(26)10-27-18-24-23-17(25(18)20)15-9-11-5-1-3-7-13(11)21-15/h1-9,21H,10,20H2,(H,22,26). The van der Waals surface area contributed by atoms with Crippen LogP contribution in [0.1, 0.15) is 0 Å². The maximum absolute atomic E-state index is 13.6. The number of hydrogen-bond acceptors (Lipinski definition) is 5. The zero-order valence-electron chi connectivity index (χ0n) is 14.0. The number of carbonyl (C=O) groups excluding carboxylic acids is 1. The number of halogens is 1. The Balaban J connectivity index is 1.46. The second kappa shape index (κ2) is 7.12. The lowest BCUT2D eigenvalue weighted by Gasteiger charge is -2.06. The van der Waals surface area contributed by atoms with E-state index in [4.69, 9.17) is 5.84 Å². The topological polar surface area (TPSA) is 102 Å². The lowest BCUT2D eigenvalue weighted by atomic mass is 10.2. The number of nitrogen functional groups attached to an aromatic ring is 1. The van der Waals surface area contributed by atoms with Crippen LogP contribution in [0.15, 0.2) is 59.8 Å². The second-order valence-electron chi connectivity index (χ2n) is 5.76. The van der Waals surface area contributed by atoms with E-state index in [1.54, 1.807) is 12.1 Å². The molecule has 2 aromatic carbocycles. The predicted molar refractivity (Wildman–Crippen MR) is 103 cm³/mol. The minimum absolute atomic E-state index is 0.0242. The van der Waals surface area contributed by atoms with Gasteiger partial charge < -0.3 is 16.1 Å². The van der Waals surface area contributed by atoms with E-state index in [9.17, 15) is 9.18 Å². The molecule has 0 aliphatic rings. The van der Waals surface area contributed by atoms with Crippen LogP contribution in [0.25, 0.3) is 22.4 Å². The molecule has 4 aromatic rings. The fraction of sp³-hybridized carbons (Fsp3) is 0.0556. The minimum Gasteiger partial charge on any atom is -0.352 e. The fourth-order valence-electron chi connectivity index (χ4n) is 2.63. The molecule has 0 atom stereocenters. The molecule has 0 spiro atoms. The van der Waals surface area contributed by atoms with Gasteiger partial charge in [-0.15, -0.1) is 10.2 Å². The highest BCUT2D eigenvalue weighted by Gasteiger charge is 2.16. The summed E-state index contributed by atoms with van der Waals surface area (Å²) in [5.74, 6) is 5.72. The highest BCUT2D eigenvalue weighted by molar-refractivity contribution is 7.99. The van der Waals surface area contributed by atoms with Crippen molar-refractivity contribution in [3.63, 3.8) is 0 Å². The monoisotopic (exact) mass is 382 g/mol. The first-order chi connectivity index (χ1) is 13.1. The Morgan fingerprint density at radius 3 is 2.78 bits per heavy atom. The van der Waals surface area contributed by atoms with Crippen LogP contribution in [-0.2, 0) is 4.79 Å². The Morgan fingerprint density at radius 1 is 1.19 bits per heavy atom. The molecule has 2 heterocycles. The van der Waals surface area contributed by atoms with E-state index in [0.29, 0.717) is 11.0 Å². The molecule has 0 radical (unpaired) electrons. The summed E-state index contributed by atoms with van der Waals surface area (Å²) in [4.78, 5) is 15.3. The van der Waals surface area contributed by atoms with Gasteiger partial charge in [0.1, 0.15) is 5.82 Å². The molecule has 4 rings (SSSR count). The van der Waals surface area contributed by atoms with Crippen molar-refractivity contribution in [1.82, 2.24) is 19.9 Å². The number of carbonyl (C=O) groups is 1. The summed E-state index contributed by atoms with van der Waals surface area (Å²) in [7, 11) is 0. The van der Waals surface area contributed by atoms with Gasteiger partial charge in [-0.3, -0.25) is 4.79 Å². The Morgan fingerprint density at radius 2 is 1.96 bits per heavy atom. The van der Waals surface area contributed by atoms with Crippen LogP contribution in [0.2, 0.25) is 0 Å². The molecule has 0 saturated heterocycles. The summed E-state index contributed by atoms with van der Waals surface area (Å²) in [5, 5.41) is 12.1. The molecule has 0 saturated carbocycles. The van der Waals surface area contributed by atoms with Crippen LogP contribution in [-0.4, -0.2) is 31.5 Å². The first-order valence-corrected chi connectivity index (χ1v) is 9.06. The number of fused-ring (bicyclic) bond motifs is 1. The van der Waals surface area contributed by atoms with Crippen LogP contribution in [0, 0.1) is 5.82 Å². The van der Waals surface area contributed by atoms with Crippen molar-refractivity contribution < 1.29 is 9.18 Å². The normalized spacial score (nSPS) is 11.0. The number of anilines is 1. The molecule has 1 amide bonds. The summed E-state index contributed by atoms with van der Waals surface area (Å²) in [6.07, 6.45) is 0. The maximum Gasteiger partial charge on any atom is 0.234 e. The summed E-state index contributed by atoms with van der Waals surface area (Å²) in [5.41, 5.74) is 1.83. The van der Waals surface area contributed by atoms with E-state index >= 15 is 0 Å². The maximum atomic E-state index is 13.6. The van der Waals surface area contributed by atoms with Gasteiger partial charge in [0.05, 0.1) is 17.1 Å². The number of aromatic nitrogens is 4. The molecule has 9 heteroatoms. The van der Waals surface area contributed by atoms with Crippen molar-refractivity contribution in [3.8, 4) is 11.5 Å². The number of nitrogens with zero attached hydrogens (tertiary/aromatic N) is 3. The number of aromatic amines is 1. The van der Waals surface area contributed by atoms with Gasteiger partial charge in [0, 0.05) is 10.9 Å². The molecule has 4 N–H and O–H groups in total. The molecule has 0 aliphatic carbocycles. The number of rotatable bonds is 5. The van der Waals surface area contributed by atoms with Crippen LogP contribution in [0.5, 0.6) is 0 Å². The molecule has 0 unspecified atom stereocenters. The number of amides is 1. The van der Waals surface area contributed by atoms with Gasteiger partial charge in [-0.05, 0) is 24.3 Å². The number of hydrogen-bond donors (Lipinski definition) is 3. The molecular weight excluding hydrogens is 367 g/mol. The van der Waals surface area contributed by atoms with E-state index in [2.05, 4.69) is 20.5 Å². The lowest BCUT2D eigenvalue weighted by Crippen LogP contribution is -2.17. The van der Waals surface area contributed by atoms with Gasteiger partial charge >= 0.3 is 0 Å². The van der Waals surface area contributed by atoms with Crippen LogP contribution in [0.4, 0.5) is 10.1 Å². The number of H-pyrrole nitrogens is 1. The second-order valence-corrected chi connectivity index (χ2v) is 6.71. The van der Waals surface area contributed by atoms with Crippen molar-refractivity contribution in [2.24, 2.45) is 0 Å². The Labute approximate surface area is 157 Å². The molecule has 0 fully saturated rings. The average molecular weight is 382 g/mol. The number of nitrogens with one attached hydrogen (secondary N) is 2. The van der Waals surface area contributed by atoms with Gasteiger partial charge in [-0.2, -0.15) is 0 Å². The third-order valence-corrected chi connectivity index (χ3v) is 4.86. The van der Waals surface area contributed by atoms with E-state index in [0.717, 1.165) is 28.4 Å².